The molecule has 0 aliphatic carbocycles. The largest absolute Gasteiger partial charge is 0.463 e. The normalized spacial score (nSPS) is 14.5. The van der Waals surface area contributed by atoms with E-state index in [1.165, 1.54) is 0 Å². The highest BCUT2D eigenvalue weighted by molar-refractivity contribution is 7.13. The van der Waals surface area contributed by atoms with Crippen LogP contribution in [-0.2, 0) is 6.54 Å². The molecule has 9 nitrogen and oxygen atoms in total. The maximum atomic E-state index is 13.6. The quantitative estimate of drug-likeness (QED) is 0.355. The summed E-state index contributed by atoms with van der Waals surface area (Å²) in [5.74, 6) is 1.76. The fourth-order valence-corrected chi connectivity index (χ4v) is 4.78. The first-order valence-corrected chi connectivity index (χ1v) is 12.2. The van der Waals surface area contributed by atoms with Crippen LogP contribution in [0.2, 0.25) is 0 Å². The Morgan fingerprint density at radius 1 is 1.00 bits per heavy atom. The van der Waals surface area contributed by atoms with Crippen molar-refractivity contribution in [2.24, 2.45) is 0 Å². The number of furan rings is 1. The van der Waals surface area contributed by atoms with Gasteiger partial charge >= 0.3 is 0 Å². The van der Waals surface area contributed by atoms with Gasteiger partial charge in [0.05, 0.1) is 23.4 Å². The average molecular weight is 487 g/mol. The minimum absolute atomic E-state index is 0.0587. The number of thiophene rings is 1. The van der Waals surface area contributed by atoms with E-state index in [-0.39, 0.29) is 5.91 Å². The van der Waals surface area contributed by atoms with Crippen molar-refractivity contribution in [3.63, 3.8) is 0 Å². The highest BCUT2D eigenvalue weighted by Gasteiger charge is 2.27. The predicted octanol–water partition coefficient (Wildman–Crippen LogP) is 4.20. The first kappa shape index (κ1) is 21.5. The maximum Gasteiger partial charge on any atom is 0.272 e. The molecule has 0 atom stereocenters. The van der Waals surface area contributed by atoms with Crippen LogP contribution in [0.3, 0.4) is 0 Å². The topological polar surface area (TPSA) is 93.4 Å². The highest BCUT2D eigenvalue weighted by atomic mass is 32.1. The molecule has 1 fully saturated rings. The number of para-hydroxylation sites is 1. The van der Waals surface area contributed by atoms with E-state index in [2.05, 4.69) is 20.1 Å². The molecule has 1 aliphatic rings. The summed E-state index contributed by atoms with van der Waals surface area (Å²) in [5.41, 5.74) is 1.96. The molecule has 176 valence electrons. The van der Waals surface area contributed by atoms with Gasteiger partial charge in [-0.3, -0.25) is 9.69 Å². The lowest BCUT2D eigenvalue weighted by molar-refractivity contribution is 0.0606. The summed E-state index contributed by atoms with van der Waals surface area (Å²) < 4.78 is 12.7. The Bertz CT molecular complexity index is 1400. The summed E-state index contributed by atoms with van der Waals surface area (Å²) in [7, 11) is 0. The van der Waals surface area contributed by atoms with Crippen molar-refractivity contribution in [1.82, 2.24) is 29.7 Å². The highest BCUT2D eigenvalue weighted by Crippen LogP contribution is 2.24. The number of nitrogens with zero attached hydrogens (tertiary/aromatic N) is 6. The number of rotatable bonds is 6. The Kier molecular flexibility index (Phi) is 5.73. The molecule has 0 spiro atoms. The number of carbonyl (C=O) groups excluding carboxylic acids is 1. The number of benzene rings is 1. The molecule has 6 rings (SSSR count). The lowest BCUT2D eigenvalue weighted by Gasteiger charge is -2.33. The van der Waals surface area contributed by atoms with Gasteiger partial charge in [-0.25, -0.2) is 4.68 Å². The van der Waals surface area contributed by atoms with Crippen molar-refractivity contribution in [2.75, 3.05) is 26.2 Å². The van der Waals surface area contributed by atoms with Gasteiger partial charge in [0.2, 0.25) is 11.7 Å². The van der Waals surface area contributed by atoms with E-state index < -0.39 is 0 Å². The number of carbonyl (C=O) groups is 1. The number of piperazine rings is 1. The molecule has 10 heteroatoms. The molecule has 0 radical (unpaired) electrons. The van der Waals surface area contributed by atoms with Crippen LogP contribution in [0.15, 0.2) is 81.2 Å². The van der Waals surface area contributed by atoms with E-state index in [0.717, 1.165) is 10.6 Å². The van der Waals surface area contributed by atoms with Crippen LogP contribution >= 0.6 is 11.3 Å². The van der Waals surface area contributed by atoms with Crippen LogP contribution in [0.5, 0.6) is 0 Å². The first-order chi connectivity index (χ1) is 17.2. The summed E-state index contributed by atoms with van der Waals surface area (Å²) in [6.45, 7) is 3.19. The van der Waals surface area contributed by atoms with Crippen molar-refractivity contribution < 1.29 is 13.7 Å². The summed E-state index contributed by atoms with van der Waals surface area (Å²) >= 11 is 1.58. The lowest BCUT2D eigenvalue weighted by atomic mass is 10.2. The van der Waals surface area contributed by atoms with E-state index >= 15 is 0 Å². The lowest BCUT2D eigenvalue weighted by Crippen LogP contribution is -2.48. The van der Waals surface area contributed by atoms with E-state index in [9.17, 15) is 4.79 Å². The van der Waals surface area contributed by atoms with Gasteiger partial charge in [-0.05, 0) is 35.7 Å². The second-order valence-electron chi connectivity index (χ2n) is 8.20. The van der Waals surface area contributed by atoms with Crippen molar-refractivity contribution in [3.8, 4) is 27.8 Å². The van der Waals surface area contributed by atoms with Crippen LogP contribution in [-0.4, -0.2) is 61.8 Å². The predicted molar refractivity (Wildman–Crippen MR) is 130 cm³/mol. The van der Waals surface area contributed by atoms with Crippen LogP contribution in [0, 0.1) is 0 Å². The second-order valence-corrected chi connectivity index (χ2v) is 9.14. The Labute approximate surface area is 205 Å². The van der Waals surface area contributed by atoms with E-state index in [1.807, 2.05) is 64.9 Å². The van der Waals surface area contributed by atoms with Gasteiger partial charge in [0, 0.05) is 32.2 Å². The second kappa shape index (κ2) is 9.32. The Hall–Kier alpha value is -4.02. The summed E-state index contributed by atoms with van der Waals surface area (Å²) in [6, 6.07) is 19.0. The molecule has 1 aliphatic heterocycles. The average Bonchev–Trinajstić information content (AvgIpc) is 3.70. The number of amides is 1. The molecular formula is C25H22N6O3S. The molecule has 5 heterocycles. The van der Waals surface area contributed by atoms with Gasteiger partial charge in [0.15, 0.2) is 5.76 Å². The van der Waals surface area contributed by atoms with Crippen molar-refractivity contribution >= 4 is 17.2 Å². The van der Waals surface area contributed by atoms with Gasteiger partial charge in [-0.15, -0.1) is 11.3 Å². The number of hydrogen-bond donors (Lipinski definition) is 0. The zero-order chi connectivity index (χ0) is 23.6. The minimum Gasteiger partial charge on any atom is -0.463 e. The molecule has 1 aromatic carbocycles. The number of hydrogen-bond acceptors (Lipinski definition) is 8. The Morgan fingerprint density at radius 3 is 2.60 bits per heavy atom. The molecule has 4 aromatic heterocycles. The zero-order valence-corrected chi connectivity index (χ0v) is 19.6. The van der Waals surface area contributed by atoms with E-state index in [0.29, 0.717) is 61.6 Å². The fourth-order valence-electron chi connectivity index (χ4n) is 4.13. The van der Waals surface area contributed by atoms with Gasteiger partial charge < -0.3 is 13.8 Å². The zero-order valence-electron chi connectivity index (χ0n) is 18.8. The van der Waals surface area contributed by atoms with Crippen LogP contribution in [0.25, 0.3) is 27.8 Å². The molecule has 1 amide bonds. The third kappa shape index (κ3) is 4.41. The molecule has 5 aromatic rings. The van der Waals surface area contributed by atoms with Gasteiger partial charge in [0.25, 0.3) is 5.91 Å². The Morgan fingerprint density at radius 2 is 1.86 bits per heavy atom. The third-order valence-corrected chi connectivity index (χ3v) is 6.80. The molecule has 1 saturated heterocycles. The van der Waals surface area contributed by atoms with Gasteiger partial charge in [-0.1, -0.05) is 29.4 Å². The molecule has 0 saturated carbocycles. The fraction of sp³-hybridized carbons (Fsp3) is 0.200. The summed E-state index contributed by atoms with van der Waals surface area (Å²) in [6.07, 6.45) is 1.60. The molecular weight excluding hydrogens is 464 g/mol. The molecule has 0 unspecified atom stereocenters. The van der Waals surface area contributed by atoms with Crippen LogP contribution in [0.4, 0.5) is 0 Å². The summed E-state index contributed by atoms with van der Waals surface area (Å²) in [5, 5.41) is 10.7. The maximum absolute atomic E-state index is 13.6. The standard InChI is InChI=1S/C25H22N6O3S/c32-25(20-16-19(21-8-4-14-33-21)27-31(20)18-6-2-1-3-7-18)30-12-10-29(11-13-30)17-23-26-24(28-34-23)22-9-5-15-35-22/h1-9,14-16H,10-13,17H2. The first-order valence-electron chi connectivity index (χ1n) is 11.3. The molecule has 0 bridgehead atoms. The van der Waals surface area contributed by atoms with E-state index in [1.54, 1.807) is 28.3 Å². The van der Waals surface area contributed by atoms with Crippen molar-refractivity contribution in [3.05, 3.63) is 83.9 Å². The third-order valence-electron chi connectivity index (χ3n) is 5.93. The molecule has 35 heavy (non-hydrogen) atoms. The van der Waals surface area contributed by atoms with Crippen molar-refractivity contribution in [1.29, 1.82) is 0 Å². The smallest absolute Gasteiger partial charge is 0.272 e. The minimum atomic E-state index is -0.0587. The SMILES string of the molecule is O=C(c1cc(-c2ccco2)nn1-c1ccccc1)N1CCN(Cc2nc(-c3cccs3)no2)CC1. The van der Waals surface area contributed by atoms with Crippen molar-refractivity contribution in [2.45, 2.75) is 6.54 Å². The van der Waals surface area contributed by atoms with Crippen LogP contribution < -0.4 is 0 Å². The molecule has 0 N–H and O–H groups in total. The van der Waals surface area contributed by atoms with Gasteiger partial charge in [-0.2, -0.15) is 10.1 Å². The summed E-state index contributed by atoms with van der Waals surface area (Å²) in [4.78, 5) is 23.1. The monoisotopic (exact) mass is 486 g/mol. The number of aromatic nitrogens is 4. The van der Waals surface area contributed by atoms with E-state index in [4.69, 9.17) is 8.94 Å². The Balaban J connectivity index is 1.16. The van der Waals surface area contributed by atoms with Gasteiger partial charge in [0.1, 0.15) is 11.4 Å². The van der Waals surface area contributed by atoms with Crippen LogP contribution in [0.1, 0.15) is 16.4 Å².